The fourth-order valence-electron chi connectivity index (χ4n) is 2.84. The summed E-state index contributed by atoms with van der Waals surface area (Å²) in [6.45, 7) is -0.277. The molecule has 5 N–H and O–H groups in total. The van der Waals surface area contributed by atoms with Crippen LogP contribution in [0.5, 0.6) is 0 Å². The van der Waals surface area contributed by atoms with Gasteiger partial charge in [0.1, 0.15) is 0 Å². The van der Waals surface area contributed by atoms with E-state index in [4.69, 9.17) is 10.2 Å². The monoisotopic (exact) mass is 219 g/mol. The van der Waals surface area contributed by atoms with E-state index >= 15 is 0 Å². The smallest absolute Gasteiger partial charge is 0.0971 e. The Morgan fingerprint density at radius 2 is 1.67 bits per heavy atom. The van der Waals surface area contributed by atoms with Gasteiger partial charge in [-0.15, -0.1) is 0 Å². The van der Waals surface area contributed by atoms with Crippen LogP contribution in [0.15, 0.2) is 0 Å². The first-order valence-electron chi connectivity index (χ1n) is 5.13. The average molecular weight is 219 g/mol. The second-order valence-corrected chi connectivity index (χ2v) is 4.33. The van der Waals surface area contributed by atoms with Crippen LogP contribution >= 0.6 is 0 Å². The normalized spacial score (nSPS) is 51.0. The summed E-state index contributed by atoms with van der Waals surface area (Å²) in [5.74, 6) is -0.505. The molecule has 6 atom stereocenters. The minimum atomic E-state index is -0.964. The van der Waals surface area contributed by atoms with Crippen molar-refractivity contribution in [3.63, 3.8) is 0 Å². The fourth-order valence-corrected chi connectivity index (χ4v) is 2.84. The molecule has 2 heterocycles. The van der Waals surface area contributed by atoms with Crippen molar-refractivity contribution >= 4 is 0 Å². The second kappa shape index (κ2) is 3.97. The second-order valence-electron chi connectivity index (χ2n) is 4.33. The third-order valence-corrected chi connectivity index (χ3v) is 3.62. The summed E-state index contributed by atoms with van der Waals surface area (Å²) in [5.41, 5.74) is 0. The molecular formula is C9H17NO5. The van der Waals surface area contributed by atoms with E-state index in [1.807, 2.05) is 0 Å². The third kappa shape index (κ3) is 1.49. The van der Waals surface area contributed by atoms with Crippen molar-refractivity contribution in [2.45, 2.75) is 30.4 Å². The predicted molar refractivity (Wildman–Crippen MR) is 50.0 cm³/mol. The molecule has 2 saturated heterocycles. The van der Waals surface area contributed by atoms with E-state index in [1.54, 1.807) is 4.90 Å². The number of nitrogens with zero attached hydrogens (tertiary/aromatic N) is 1. The molecule has 0 unspecified atom stereocenters. The molecule has 0 aromatic heterocycles. The Morgan fingerprint density at radius 3 is 2.20 bits per heavy atom. The van der Waals surface area contributed by atoms with Crippen molar-refractivity contribution in [2.75, 3.05) is 19.8 Å². The largest absolute Gasteiger partial charge is 0.396 e. The number of rotatable bonds is 2. The summed E-state index contributed by atoms with van der Waals surface area (Å²) in [5, 5.41) is 47.3. The standard InChI is InChI=1S/C9H17NO5/c11-2-4-7-9(15)6(13)1-10(7)5(3-12)8(4)14/h4-9,11-15H,1-3H2/t4-,5+,6+,7+,8+,9-/m1/s1. The molecular weight excluding hydrogens is 202 g/mol. The van der Waals surface area contributed by atoms with Crippen molar-refractivity contribution in [1.82, 2.24) is 4.90 Å². The van der Waals surface area contributed by atoms with Gasteiger partial charge in [-0.3, -0.25) is 4.90 Å². The van der Waals surface area contributed by atoms with Crippen molar-refractivity contribution in [3.8, 4) is 0 Å². The SMILES string of the molecule is OC[C@H]1[C@H](O)[C@H](CO)N2C[C@H](O)[C@@H](O)[C@H]12. The summed E-state index contributed by atoms with van der Waals surface area (Å²) >= 11 is 0. The lowest BCUT2D eigenvalue weighted by molar-refractivity contribution is -0.000816. The van der Waals surface area contributed by atoms with Crippen LogP contribution in [0.3, 0.4) is 0 Å². The van der Waals surface area contributed by atoms with Gasteiger partial charge in [0.2, 0.25) is 0 Å². The number of fused-ring (bicyclic) bond motifs is 1. The zero-order valence-electron chi connectivity index (χ0n) is 8.27. The van der Waals surface area contributed by atoms with Crippen molar-refractivity contribution < 1.29 is 25.5 Å². The molecule has 0 radical (unpaired) electrons. The molecule has 2 fully saturated rings. The van der Waals surface area contributed by atoms with Crippen LogP contribution in [0.2, 0.25) is 0 Å². The Kier molecular flexibility index (Phi) is 2.98. The molecule has 0 aliphatic carbocycles. The van der Waals surface area contributed by atoms with Crippen LogP contribution in [-0.2, 0) is 0 Å². The predicted octanol–water partition coefficient (Wildman–Crippen LogP) is -3.26. The van der Waals surface area contributed by atoms with Crippen molar-refractivity contribution in [2.24, 2.45) is 5.92 Å². The zero-order valence-corrected chi connectivity index (χ0v) is 8.27. The first-order valence-corrected chi connectivity index (χ1v) is 5.13. The molecule has 0 bridgehead atoms. The van der Waals surface area contributed by atoms with Gasteiger partial charge < -0.3 is 25.5 Å². The fraction of sp³-hybridized carbons (Fsp3) is 1.00. The minimum absolute atomic E-state index is 0.227. The van der Waals surface area contributed by atoms with E-state index in [0.717, 1.165) is 0 Å². The minimum Gasteiger partial charge on any atom is -0.396 e. The maximum atomic E-state index is 9.80. The van der Waals surface area contributed by atoms with Crippen LogP contribution in [0.4, 0.5) is 0 Å². The van der Waals surface area contributed by atoms with Gasteiger partial charge in [0, 0.05) is 18.5 Å². The van der Waals surface area contributed by atoms with Gasteiger partial charge in [-0.25, -0.2) is 0 Å². The highest BCUT2D eigenvalue weighted by atomic mass is 16.3. The lowest BCUT2D eigenvalue weighted by Gasteiger charge is -2.22. The number of aliphatic hydroxyl groups excluding tert-OH is 5. The highest BCUT2D eigenvalue weighted by molar-refractivity contribution is 5.09. The Hall–Kier alpha value is -0.240. The van der Waals surface area contributed by atoms with Crippen LogP contribution in [0, 0.1) is 5.92 Å². The Morgan fingerprint density at radius 1 is 1.00 bits per heavy atom. The van der Waals surface area contributed by atoms with Crippen LogP contribution < -0.4 is 0 Å². The number of hydrogen-bond acceptors (Lipinski definition) is 6. The number of hydrogen-bond donors (Lipinski definition) is 5. The molecule has 2 rings (SSSR count). The maximum Gasteiger partial charge on any atom is 0.0971 e. The molecule has 6 heteroatoms. The van der Waals surface area contributed by atoms with E-state index in [0.29, 0.717) is 0 Å². The molecule has 88 valence electrons. The number of aliphatic hydroxyl groups is 5. The molecule has 6 nitrogen and oxygen atoms in total. The van der Waals surface area contributed by atoms with Gasteiger partial charge >= 0.3 is 0 Å². The van der Waals surface area contributed by atoms with E-state index in [1.165, 1.54) is 0 Å². The molecule has 15 heavy (non-hydrogen) atoms. The van der Waals surface area contributed by atoms with Crippen LogP contribution in [0.1, 0.15) is 0 Å². The summed E-state index contributed by atoms with van der Waals surface area (Å²) in [6.07, 6.45) is -2.69. The van der Waals surface area contributed by atoms with E-state index in [-0.39, 0.29) is 19.8 Å². The van der Waals surface area contributed by atoms with Crippen molar-refractivity contribution in [1.29, 1.82) is 0 Å². The van der Waals surface area contributed by atoms with Gasteiger partial charge in [-0.2, -0.15) is 0 Å². The highest BCUT2D eigenvalue weighted by Crippen LogP contribution is 2.37. The van der Waals surface area contributed by atoms with Gasteiger partial charge in [0.15, 0.2) is 0 Å². The molecule has 0 saturated carbocycles. The van der Waals surface area contributed by atoms with Gasteiger partial charge in [-0.05, 0) is 0 Å². The summed E-state index contributed by atoms with van der Waals surface area (Å²) in [4.78, 5) is 1.68. The quantitative estimate of drug-likeness (QED) is 0.334. The topological polar surface area (TPSA) is 104 Å². The lowest BCUT2D eigenvalue weighted by Crippen LogP contribution is -2.40. The lowest BCUT2D eigenvalue weighted by atomic mass is 9.93. The summed E-state index contributed by atoms with van der Waals surface area (Å²) < 4.78 is 0. The van der Waals surface area contributed by atoms with Gasteiger partial charge in [0.05, 0.1) is 37.6 Å². The van der Waals surface area contributed by atoms with Crippen LogP contribution in [0.25, 0.3) is 0 Å². The van der Waals surface area contributed by atoms with Gasteiger partial charge in [-0.1, -0.05) is 0 Å². The van der Waals surface area contributed by atoms with E-state index in [9.17, 15) is 15.3 Å². The van der Waals surface area contributed by atoms with Gasteiger partial charge in [0.25, 0.3) is 0 Å². The summed E-state index contributed by atoms with van der Waals surface area (Å²) in [6, 6.07) is -0.962. The van der Waals surface area contributed by atoms with Crippen LogP contribution in [-0.4, -0.2) is 80.6 Å². The Balaban J connectivity index is 2.23. The highest BCUT2D eigenvalue weighted by Gasteiger charge is 2.56. The molecule has 0 aromatic rings. The first kappa shape index (κ1) is 11.3. The molecule has 2 aliphatic heterocycles. The Labute approximate surface area is 87.4 Å². The first-order chi connectivity index (χ1) is 7.11. The van der Waals surface area contributed by atoms with E-state index in [2.05, 4.69) is 0 Å². The molecule has 0 aromatic carbocycles. The Bertz CT molecular complexity index is 239. The van der Waals surface area contributed by atoms with Crippen molar-refractivity contribution in [3.05, 3.63) is 0 Å². The molecule has 0 amide bonds. The molecule has 0 spiro atoms. The molecule has 2 aliphatic rings. The average Bonchev–Trinajstić information content (AvgIpc) is 2.63. The maximum absolute atomic E-state index is 9.80. The third-order valence-electron chi connectivity index (χ3n) is 3.62. The van der Waals surface area contributed by atoms with E-state index < -0.39 is 36.3 Å². The zero-order chi connectivity index (χ0) is 11.2. The summed E-state index contributed by atoms with van der Waals surface area (Å²) in [7, 11) is 0.